The van der Waals surface area contributed by atoms with Crippen molar-refractivity contribution in [3.63, 3.8) is 0 Å². The Morgan fingerprint density at radius 2 is 2.17 bits per heavy atom. The molecule has 1 heterocycles. The summed E-state index contributed by atoms with van der Waals surface area (Å²) in [6.45, 7) is 3.18. The molecule has 1 amide bonds. The van der Waals surface area contributed by atoms with Gasteiger partial charge in [0.15, 0.2) is 0 Å². The molecule has 7 heteroatoms. The van der Waals surface area contributed by atoms with Crippen LogP contribution in [0.5, 0.6) is 0 Å². The summed E-state index contributed by atoms with van der Waals surface area (Å²) >= 11 is 1.14. The molecule has 0 saturated carbocycles. The third-order valence-corrected chi connectivity index (χ3v) is 2.99. The van der Waals surface area contributed by atoms with Crippen LogP contribution in [0.1, 0.15) is 24.2 Å². The average molecular weight is 271 g/mol. The molecule has 1 rings (SSSR count). The summed E-state index contributed by atoms with van der Waals surface area (Å²) in [4.78, 5) is 33.7. The van der Waals surface area contributed by atoms with Gasteiger partial charge in [-0.1, -0.05) is 0 Å². The topological polar surface area (TPSA) is 92.7 Å². The van der Waals surface area contributed by atoms with E-state index in [0.717, 1.165) is 11.3 Å². The molecule has 0 bridgehead atoms. The molecular weight excluding hydrogens is 258 g/mol. The zero-order valence-electron chi connectivity index (χ0n) is 9.93. The third-order valence-electron chi connectivity index (χ3n) is 2.16. The van der Waals surface area contributed by atoms with E-state index in [4.69, 9.17) is 9.84 Å². The lowest BCUT2D eigenvalue weighted by atomic mass is 10.2. The Labute approximate surface area is 108 Å². The first-order valence-corrected chi connectivity index (χ1v) is 6.13. The molecule has 18 heavy (non-hydrogen) atoms. The van der Waals surface area contributed by atoms with E-state index < -0.39 is 23.8 Å². The quantitative estimate of drug-likeness (QED) is 0.626. The first-order chi connectivity index (χ1) is 8.47. The number of ether oxygens (including phenoxy) is 1. The maximum atomic E-state index is 11.5. The summed E-state index contributed by atoms with van der Waals surface area (Å²) < 4.78 is 4.82. The lowest BCUT2D eigenvalue weighted by Gasteiger charge is -2.08. The van der Waals surface area contributed by atoms with E-state index in [9.17, 15) is 14.4 Å². The smallest absolute Gasteiger partial charge is 0.341 e. The van der Waals surface area contributed by atoms with Crippen molar-refractivity contribution in [1.82, 2.24) is 0 Å². The minimum absolute atomic E-state index is 0.229. The van der Waals surface area contributed by atoms with Crippen molar-refractivity contribution < 1.29 is 24.2 Å². The molecule has 98 valence electrons. The van der Waals surface area contributed by atoms with Crippen molar-refractivity contribution in [3.05, 3.63) is 17.0 Å². The molecule has 1 aromatic rings. The number of carboxylic acids is 1. The van der Waals surface area contributed by atoms with Crippen LogP contribution in [0.4, 0.5) is 5.00 Å². The summed E-state index contributed by atoms with van der Waals surface area (Å²) in [7, 11) is 0. The van der Waals surface area contributed by atoms with Crippen molar-refractivity contribution in [1.29, 1.82) is 0 Å². The molecule has 0 fully saturated rings. The number of aliphatic carboxylic acids is 1. The average Bonchev–Trinajstić information content (AvgIpc) is 2.76. The van der Waals surface area contributed by atoms with E-state index >= 15 is 0 Å². The highest BCUT2D eigenvalue weighted by atomic mass is 32.1. The van der Waals surface area contributed by atoms with E-state index in [0.29, 0.717) is 5.00 Å². The number of amides is 1. The molecule has 2 N–H and O–H groups in total. The number of carboxylic acid groups (broad SMARTS) is 1. The van der Waals surface area contributed by atoms with Crippen molar-refractivity contribution in [2.75, 3.05) is 11.9 Å². The predicted molar refractivity (Wildman–Crippen MR) is 65.7 cm³/mol. The summed E-state index contributed by atoms with van der Waals surface area (Å²) in [6.07, 6.45) is 0. The first kappa shape index (κ1) is 14.2. The monoisotopic (exact) mass is 271 g/mol. The summed E-state index contributed by atoms with van der Waals surface area (Å²) in [5, 5.41) is 13.0. The molecule has 1 aromatic heterocycles. The van der Waals surface area contributed by atoms with Gasteiger partial charge in [0.05, 0.1) is 12.2 Å². The molecule has 1 unspecified atom stereocenters. The van der Waals surface area contributed by atoms with Gasteiger partial charge in [0.1, 0.15) is 10.9 Å². The number of anilines is 1. The van der Waals surface area contributed by atoms with E-state index in [2.05, 4.69) is 5.32 Å². The van der Waals surface area contributed by atoms with Crippen LogP contribution in [-0.4, -0.2) is 29.6 Å². The largest absolute Gasteiger partial charge is 0.481 e. The van der Waals surface area contributed by atoms with Gasteiger partial charge in [-0.05, 0) is 25.3 Å². The Balaban J connectivity index is 2.80. The molecule has 1 atom stereocenters. The van der Waals surface area contributed by atoms with Gasteiger partial charge in [-0.2, -0.15) is 0 Å². The Morgan fingerprint density at radius 1 is 1.50 bits per heavy atom. The standard InChI is InChI=1S/C11H13NO5S/c1-3-17-11(16)7-4-5-18-9(7)12-8(13)6(2)10(14)15/h4-6H,3H2,1-2H3,(H,12,13)(H,14,15). The fraction of sp³-hybridized carbons (Fsp3) is 0.364. The zero-order valence-corrected chi connectivity index (χ0v) is 10.7. The summed E-state index contributed by atoms with van der Waals surface area (Å²) in [6, 6.07) is 1.52. The Kier molecular flexibility index (Phi) is 4.85. The third kappa shape index (κ3) is 3.30. The first-order valence-electron chi connectivity index (χ1n) is 5.25. The van der Waals surface area contributed by atoms with Crippen LogP contribution in [0.2, 0.25) is 0 Å². The van der Waals surface area contributed by atoms with Gasteiger partial charge < -0.3 is 15.2 Å². The minimum Gasteiger partial charge on any atom is -0.481 e. The molecule has 0 spiro atoms. The molecule has 0 aliphatic heterocycles. The van der Waals surface area contributed by atoms with Crippen LogP contribution < -0.4 is 5.32 Å². The predicted octanol–water partition coefficient (Wildman–Crippen LogP) is 1.58. The number of esters is 1. The highest BCUT2D eigenvalue weighted by Gasteiger charge is 2.23. The maximum Gasteiger partial charge on any atom is 0.341 e. The molecule has 6 nitrogen and oxygen atoms in total. The highest BCUT2D eigenvalue weighted by molar-refractivity contribution is 7.14. The van der Waals surface area contributed by atoms with E-state index in [-0.39, 0.29) is 12.2 Å². The van der Waals surface area contributed by atoms with E-state index in [1.165, 1.54) is 13.0 Å². The molecular formula is C11H13NO5S. The van der Waals surface area contributed by atoms with Crippen LogP contribution in [0.15, 0.2) is 11.4 Å². The van der Waals surface area contributed by atoms with Crippen molar-refractivity contribution in [2.24, 2.45) is 5.92 Å². The number of carbonyl (C=O) groups excluding carboxylic acids is 2. The van der Waals surface area contributed by atoms with E-state index in [1.54, 1.807) is 12.3 Å². The SMILES string of the molecule is CCOC(=O)c1ccsc1NC(=O)C(C)C(=O)O. The molecule has 0 radical (unpaired) electrons. The van der Waals surface area contributed by atoms with Crippen molar-refractivity contribution >= 4 is 34.2 Å². The van der Waals surface area contributed by atoms with Crippen LogP contribution in [-0.2, 0) is 14.3 Å². The second kappa shape index (κ2) is 6.15. The molecule has 0 aromatic carbocycles. The minimum atomic E-state index is -1.22. The van der Waals surface area contributed by atoms with Gasteiger partial charge in [-0.15, -0.1) is 11.3 Å². The van der Waals surface area contributed by atoms with Crippen LogP contribution in [0.3, 0.4) is 0 Å². The van der Waals surface area contributed by atoms with Crippen LogP contribution in [0, 0.1) is 5.92 Å². The van der Waals surface area contributed by atoms with Gasteiger partial charge >= 0.3 is 11.9 Å². The fourth-order valence-corrected chi connectivity index (χ4v) is 1.89. The number of hydrogen-bond acceptors (Lipinski definition) is 5. The normalized spacial score (nSPS) is 11.7. The molecule has 0 saturated heterocycles. The van der Waals surface area contributed by atoms with Crippen LogP contribution in [0.25, 0.3) is 0 Å². The second-order valence-electron chi connectivity index (χ2n) is 3.43. The van der Waals surface area contributed by atoms with E-state index in [1.807, 2.05) is 0 Å². The molecule has 0 aliphatic carbocycles. The zero-order chi connectivity index (χ0) is 13.7. The van der Waals surface area contributed by atoms with Gasteiger partial charge in [-0.3, -0.25) is 9.59 Å². The number of thiophene rings is 1. The highest BCUT2D eigenvalue weighted by Crippen LogP contribution is 2.24. The lowest BCUT2D eigenvalue weighted by molar-refractivity contribution is -0.144. The second-order valence-corrected chi connectivity index (χ2v) is 4.35. The molecule has 0 aliphatic rings. The van der Waals surface area contributed by atoms with Crippen LogP contribution >= 0.6 is 11.3 Å². The van der Waals surface area contributed by atoms with Gasteiger partial charge in [0.2, 0.25) is 5.91 Å². The number of rotatable bonds is 5. The Morgan fingerprint density at radius 3 is 2.72 bits per heavy atom. The number of hydrogen-bond donors (Lipinski definition) is 2. The van der Waals surface area contributed by atoms with Gasteiger partial charge in [0.25, 0.3) is 0 Å². The fourth-order valence-electron chi connectivity index (χ4n) is 1.11. The van der Waals surface area contributed by atoms with Gasteiger partial charge in [0, 0.05) is 0 Å². The Bertz CT molecular complexity index is 468. The number of carbonyl (C=O) groups is 3. The summed E-state index contributed by atoms with van der Waals surface area (Å²) in [5.74, 6) is -3.61. The van der Waals surface area contributed by atoms with Crippen molar-refractivity contribution in [2.45, 2.75) is 13.8 Å². The van der Waals surface area contributed by atoms with Gasteiger partial charge in [-0.25, -0.2) is 4.79 Å². The van der Waals surface area contributed by atoms with Crippen molar-refractivity contribution in [3.8, 4) is 0 Å². The Hall–Kier alpha value is -1.89. The lowest BCUT2D eigenvalue weighted by Crippen LogP contribution is -2.27. The number of nitrogens with one attached hydrogen (secondary N) is 1. The maximum absolute atomic E-state index is 11.5. The summed E-state index contributed by atoms with van der Waals surface area (Å²) in [5.41, 5.74) is 0.229.